The summed E-state index contributed by atoms with van der Waals surface area (Å²) < 4.78 is 4.27. The summed E-state index contributed by atoms with van der Waals surface area (Å²) in [7, 11) is 2.08. The van der Waals surface area contributed by atoms with Gasteiger partial charge in [-0.25, -0.2) is 0 Å². The molecule has 4 aromatic heterocycles. The molecule has 0 aromatic carbocycles. The number of rotatable bonds is 4. The van der Waals surface area contributed by atoms with Gasteiger partial charge in [0, 0.05) is 36.4 Å². The highest BCUT2D eigenvalue weighted by molar-refractivity contribution is 5.32. The topological polar surface area (TPSA) is 93.0 Å². The van der Waals surface area contributed by atoms with Crippen LogP contribution < -0.4 is 0 Å². The fourth-order valence-electron chi connectivity index (χ4n) is 8.00. The molecular formula is C44H80N8. The van der Waals surface area contributed by atoms with E-state index >= 15 is 0 Å². The number of H-pyrrole nitrogens is 2. The normalized spacial score (nSPS) is 15.1. The van der Waals surface area contributed by atoms with E-state index in [9.17, 15) is 0 Å². The van der Waals surface area contributed by atoms with Gasteiger partial charge in [-0.15, -0.1) is 0 Å². The molecule has 5 heterocycles. The summed E-state index contributed by atoms with van der Waals surface area (Å²) in [5.41, 5.74) is 15.7. The zero-order valence-electron chi connectivity index (χ0n) is 31.7. The molecule has 4 aliphatic rings. The minimum Gasteiger partial charge on any atom is -0.282 e. The minimum absolute atomic E-state index is 0. The number of aromatic nitrogens is 8. The summed E-state index contributed by atoms with van der Waals surface area (Å²) in [6, 6.07) is 0. The van der Waals surface area contributed by atoms with E-state index < -0.39 is 0 Å². The van der Waals surface area contributed by atoms with Crippen molar-refractivity contribution in [1.82, 2.24) is 40.0 Å². The van der Waals surface area contributed by atoms with Crippen LogP contribution in [-0.2, 0) is 58.5 Å². The lowest BCUT2D eigenvalue weighted by molar-refractivity contribution is 0.483. The molecule has 0 spiro atoms. The quantitative estimate of drug-likeness (QED) is 0.219. The summed E-state index contributed by atoms with van der Waals surface area (Å²) >= 11 is 0. The minimum atomic E-state index is 0. The number of hydrogen-bond acceptors (Lipinski definition) is 4. The maximum absolute atomic E-state index is 4.61. The lowest BCUT2D eigenvalue weighted by atomic mass is 9.92. The molecule has 1 aliphatic heterocycles. The largest absolute Gasteiger partial charge is 0.282 e. The molecule has 52 heavy (non-hydrogen) atoms. The predicted octanol–water partition coefficient (Wildman–Crippen LogP) is 11.7. The van der Waals surface area contributed by atoms with Crippen LogP contribution in [0, 0.1) is 0 Å². The Balaban J connectivity index is 0.000000338. The third kappa shape index (κ3) is 10.9. The SMILES string of the molecule is C.C.C.C.CC(C)c1cnn2c1CCCC2.CC(C)c1n[nH]c2c1CCC2.CC(C)c1n[nH]c2c1CCCC2.CC(C)c1nn(C)c2c1CCCC2. The lowest BCUT2D eigenvalue weighted by Crippen LogP contribution is -2.12. The molecule has 0 saturated heterocycles. The Morgan fingerprint density at radius 3 is 1.54 bits per heavy atom. The summed E-state index contributed by atoms with van der Waals surface area (Å²) in [6.45, 7) is 18.9. The van der Waals surface area contributed by atoms with Gasteiger partial charge in [0.15, 0.2) is 0 Å². The second kappa shape index (κ2) is 21.5. The van der Waals surface area contributed by atoms with Gasteiger partial charge in [-0.2, -0.15) is 20.4 Å². The molecule has 2 N–H and O–H groups in total. The van der Waals surface area contributed by atoms with Gasteiger partial charge in [0.05, 0.1) is 23.3 Å². The van der Waals surface area contributed by atoms with Crippen molar-refractivity contribution in [2.24, 2.45) is 7.05 Å². The number of aromatic amines is 2. The van der Waals surface area contributed by atoms with Gasteiger partial charge >= 0.3 is 0 Å². The van der Waals surface area contributed by atoms with E-state index in [2.05, 4.69) is 102 Å². The first-order chi connectivity index (χ1) is 23.1. The second-order valence-corrected chi connectivity index (χ2v) is 15.7. The van der Waals surface area contributed by atoms with Gasteiger partial charge in [-0.1, -0.05) is 85.1 Å². The van der Waals surface area contributed by atoms with Crippen molar-refractivity contribution in [2.75, 3.05) is 0 Å². The van der Waals surface area contributed by atoms with Crippen molar-refractivity contribution in [2.45, 2.75) is 205 Å². The van der Waals surface area contributed by atoms with E-state index in [1.807, 2.05) is 6.20 Å². The monoisotopic (exact) mass is 721 g/mol. The molecule has 296 valence electrons. The molecule has 0 unspecified atom stereocenters. The summed E-state index contributed by atoms with van der Waals surface area (Å²) in [5, 5.41) is 24.0. The van der Waals surface area contributed by atoms with Gasteiger partial charge in [0.2, 0.25) is 0 Å². The summed E-state index contributed by atoms with van der Waals surface area (Å²) in [6.07, 6.45) is 19.9. The molecule has 8 nitrogen and oxygen atoms in total. The molecule has 3 aliphatic carbocycles. The Bertz CT molecular complexity index is 1530. The number of fused-ring (bicyclic) bond motifs is 4. The van der Waals surface area contributed by atoms with Gasteiger partial charge in [0.1, 0.15) is 0 Å². The Labute approximate surface area is 319 Å². The molecule has 0 radical (unpaired) electrons. The van der Waals surface area contributed by atoms with Crippen molar-refractivity contribution < 1.29 is 0 Å². The van der Waals surface area contributed by atoms with Crippen LogP contribution in [0.15, 0.2) is 6.20 Å². The first-order valence-corrected chi connectivity index (χ1v) is 19.3. The molecular weight excluding hydrogens is 641 g/mol. The van der Waals surface area contributed by atoms with Crippen molar-refractivity contribution in [3.8, 4) is 0 Å². The van der Waals surface area contributed by atoms with Gasteiger partial charge < -0.3 is 0 Å². The average molecular weight is 721 g/mol. The first kappa shape index (κ1) is 46.9. The van der Waals surface area contributed by atoms with Crippen LogP contribution in [0.2, 0.25) is 0 Å². The third-order valence-corrected chi connectivity index (χ3v) is 10.6. The predicted molar refractivity (Wildman–Crippen MR) is 224 cm³/mol. The first-order valence-electron chi connectivity index (χ1n) is 19.3. The van der Waals surface area contributed by atoms with Crippen molar-refractivity contribution in [3.63, 3.8) is 0 Å². The molecule has 4 aromatic rings. The van der Waals surface area contributed by atoms with E-state index in [1.54, 1.807) is 5.56 Å². The molecule has 8 rings (SSSR count). The second-order valence-electron chi connectivity index (χ2n) is 15.7. The van der Waals surface area contributed by atoms with Crippen LogP contribution in [0.4, 0.5) is 0 Å². The zero-order valence-corrected chi connectivity index (χ0v) is 31.7. The summed E-state index contributed by atoms with van der Waals surface area (Å²) in [4.78, 5) is 0. The molecule has 0 atom stereocenters. The van der Waals surface area contributed by atoms with E-state index in [0.717, 1.165) is 6.54 Å². The Hall–Kier alpha value is -3.16. The number of nitrogens with zero attached hydrogens (tertiary/aromatic N) is 6. The maximum atomic E-state index is 4.61. The highest BCUT2D eigenvalue weighted by atomic mass is 15.3. The number of hydrogen-bond donors (Lipinski definition) is 2. The highest BCUT2D eigenvalue weighted by Gasteiger charge is 2.22. The molecule has 0 amide bonds. The smallest absolute Gasteiger partial charge is 0.0684 e. The van der Waals surface area contributed by atoms with Crippen LogP contribution in [0.5, 0.6) is 0 Å². The standard InChI is InChI=1S/C11H18N2.2C10H16N2.C9H14N2.4CH4/c1-8(2)11-9-6-4-5-7-10(9)13(3)12-11;1-8(2)9-7-11-12-6-4-3-5-10(9)12;1-7(2)10-8-5-3-4-6-9(8)11-12-10;1-6(2)9-7-4-3-5-8(7)10-11-9;;;;/h8H,4-7H2,1-3H3;7-8H,3-6H2,1-2H3;7H,3-6H2,1-2H3,(H,11,12);6H,3-5H2,1-2H3,(H,10,11);4*1H4. The van der Waals surface area contributed by atoms with E-state index in [1.165, 1.54) is 146 Å². The number of aryl methyl sites for hydroxylation is 4. The fraction of sp³-hybridized carbons (Fsp3) is 0.727. The van der Waals surface area contributed by atoms with Crippen molar-refractivity contribution >= 4 is 0 Å². The van der Waals surface area contributed by atoms with E-state index in [4.69, 9.17) is 0 Å². The Kier molecular flexibility index (Phi) is 19.4. The van der Waals surface area contributed by atoms with E-state index in [0.29, 0.717) is 23.7 Å². The van der Waals surface area contributed by atoms with Crippen LogP contribution in [0.25, 0.3) is 0 Å². The Morgan fingerprint density at radius 1 is 0.519 bits per heavy atom. The van der Waals surface area contributed by atoms with Crippen molar-refractivity contribution in [1.29, 1.82) is 0 Å². The number of nitrogens with one attached hydrogen (secondary N) is 2. The van der Waals surface area contributed by atoms with Crippen LogP contribution in [-0.4, -0.2) is 40.0 Å². The van der Waals surface area contributed by atoms with Crippen LogP contribution in [0.3, 0.4) is 0 Å². The molecule has 8 heteroatoms. The van der Waals surface area contributed by atoms with Crippen molar-refractivity contribution in [3.05, 3.63) is 68.3 Å². The summed E-state index contributed by atoms with van der Waals surface area (Å²) in [5.74, 6) is 2.36. The van der Waals surface area contributed by atoms with Gasteiger partial charge in [-0.05, 0) is 136 Å². The highest BCUT2D eigenvalue weighted by Crippen LogP contribution is 2.29. The zero-order chi connectivity index (χ0) is 34.4. The molecule has 0 saturated carbocycles. The average Bonchev–Trinajstić information content (AvgIpc) is 3.90. The lowest BCUT2D eigenvalue weighted by Gasteiger charge is -2.15. The van der Waals surface area contributed by atoms with Crippen LogP contribution >= 0.6 is 0 Å². The maximum Gasteiger partial charge on any atom is 0.0684 e. The Morgan fingerprint density at radius 2 is 0.981 bits per heavy atom. The third-order valence-electron chi connectivity index (χ3n) is 10.6. The van der Waals surface area contributed by atoms with Gasteiger partial charge in [-0.3, -0.25) is 19.6 Å². The van der Waals surface area contributed by atoms with E-state index in [-0.39, 0.29) is 29.7 Å². The molecule has 0 bridgehead atoms. The fourth-order valence-corrected chi connectivity index (χ4v) is 8.00. The molecule has 0 fully saturated rings. The van der Waals surface area contributed by atoms with Gasteiger partial charge in [0.25, 0.3) is 0 Å². The van der Waals surface area contributed by atoms with Crippen LogP contribution in [0.1, 0.15) is 216 Å².